The van der Waals surface area contributed by atoms with Crippen LogP contribution in [0.15, 0.2) is 22.7 Å². The molecule has 19 heavy (non-hydrogen) atoms. The van der Waals surface area contributed by atoms with Gasteiger partial charge in [-0.3, -0.25) is 4.79 Å². The van der Waals surface area contributed by atoms with E-state index in [0.717, 1.165) is 17.4 Å². The number of nitrogens with zero attached hydrogens (tertiary/aromatic N) is 1. The Morgan fingerprint density at radius 3 is 2.89 bits per heavy atom. The van der Waals surface area contributed by atoms with Crippen LogP contribution in [0.5, 0.6) is 5.75 Å². The second-order valence-corrected chi connectivity index (χ2v) is 5.84. The fourth-order valence-electron chi connectivity index (χ4n) is 2.55. The van der Waals surface area contributed by atoms with Crippen LogP contribution in [-0.4, -0.2) is 37.0 Å². The van der Waals surface area contributed by atoms with Gasteiger partial charge in [-0.1, -0.05) is 0 Å². The molecule has 1 aliphatic rings. The third kappa shape index (κ3) is 2.92. The number of nitrogens with two attached hydrogens (primary N) is 1. The first-order chi connectivity index (χ1) is 9.06. The van der Waals surface area contributed by atoms with Crippen LogP contribution in [0, 0.1) is 5.92 Å². The highest BCUT2D eigenvalue weighted by atomic mass is 79.9. The monoisotopic (exact) mass is 326 g/mol. The van der Waals surface area contributed by atoms with Crippen molar-refractivity contribution in [2.24, 2.45) is 11.7 Å². The minimum Gasteiger partial charge on any atom is -0.497 e. The summed E-state index contributed by atoms with van der Waals surface area (Å²) in [7, 11) is 1.60. The quantitative estimate of drug-likeness (QED) is 0.927. The molecule has 0 saturated carbocycles. The van der Waals surface area contributed by atoms with E-state index >= 15 is 0 Å². The molecule has 4 nitrogen and oxygen atoms in total. The molecule has 2 rings (SSSR count). The Morgan fingerprint density at radius 1 is 1.58 bits per heavy atom. The first kappa shape index (κ1) is 14.3. The van der Waals surface area contributed by atoms with Crippen molar-refractivity contribution in [3.63, 3.8) is 0 Å². The lowest BCUT2D eigenvalue weighted by atomic mass is 10.1. The molecule has 1 amide bonds. The number of carbonyl (C=O) groups is 1. The molecular weight excluding hydrogens is 308 g/mol. The number of amides is 1. The molecule has 0 aromatic heterocycles. The van der Waals surface area contributed by atoms with Crippen molar-refractivity contribution in [1.29, 1.82) is 0 Å². The van der Waals surface area contributed by atoms with Gasteiger partial charge in [-0.25, -0.2) is 0 Å². The van der Waals surface area contributed by atoms with Crippen LogP contribution in [0.1, 0.15) is 23.7 Å². The molecule has 2 atom stereocenters. The topological polar surface area (TPSA) is 55.6 Å². The fraction of sp³-hybridized carbons (Fsp3) is 0.500. The van der Waals surface area contributed by atoms with E-state index in [9.17, 15) is 4.79 Å². The maximum atomic E-state index is 12.6. The smallest absolute Gasteiger partial charge is 0.255 e. The van der Waals surface area contributed by atoms with E-state index < -0.39 is 0 Å². The number of rotatable bonds is 3. The average molecular weight is 327 g/mol. The number of carbonyl (C=O) groups excluding carboxylic acids is 1. The van der Waals surface area contributed by atoms with Crippen LogP contribution in [0.3, 0.4) is 0 Å². The van der Waals surface area contributed by atoms with Crippen LogP contribution in [0.25, 0.3) is 0 Å². The van der Waals surface area contributed by atoms with Gasteiger partial charge in [-0.05, 0) is 59.9 Å². The number of benzene rings is 1. The molecule has 1 fully saturated rings. The first-order valence-electron chi connectivity index (χ1n) is 6.41. The second-order valence-electron chi connectivity index (χ2n) is 4.99. The van der Waals surface area contributed by atoms with Crippen molar-refractivity contribution in [3.8, 4) is 5.75 Å². The summed E-state index contributed by atoms with van der Waals surface area (Å²) in [5.74, 6) is 1.13. The predicted molar refractivity (Wildman–Crippen MR) is 78.4 cm³/mol. The molecule has 2 N–H and O–H groups in total. The Morgan fingerprint density at radius 2 is 2.32 bits per heavy atom. The molecule has 1 saturated heterocycles. The Hall–Kier alpha value is -1.07. The van der Waals surface area contributed by atoms with Crippen LogP contribution < -0.4 is 10.5 Å². The summed E-state index contributed by atoms with van der Waals surface area (Å²) < 4.78 is 5.97. The molecule has 1 heterocycles. The minimum absolute atomic E-state index is 0.0363. The van der Waals surface area contributed by atoms with Crippen molar-refractivity contribution < 1.29 is 9.53 Å². The Labute approximate surface area is 122 Å². The van der Waals surface area contributed by atoms with Crippen molar-refractivity contribution in [3.05, 3.63) is 28.2 Å². The number of hydrogen-bond acceptors (Lipinski definition) is 3. The number of methoxy groups -OCH3 is 1. The lowest BCUT2D eigenvalue weighted by molar-refractivity contribution is 0.0742. The number of hydrogen-bond donors (Lipinski definition) is 1. The fourth-order valence-corrected chi connectivity index (χ4v) is 2.96. The van der Waals surface area contributed by atoms with Gasteiger partial charge in [-0.2, -0.15) is 0 Å². The normalized spacial score (nSPS) is 22.6. The maximum absolute atomic E-state index is 12.6. The van der Waals surface area contributed by atoms with Gasteiger partial charge in [-0.15, -0.1) is 0 Å². The molecule has 0 spiro atoms. The van der Waals surface area contributed by atoms with E-state index in [2.05, 4.69) is 22.9 Å². The summed E-state index contributed by atoms with van der Waals surface area (Å²) in [6.45, 7) is 3.44. The number of ether oxygens (including phenoxy) is 1. The molecule has 0 radical (unpaired) electrons. The number of halogens is 1. The standard InChI is InChI=1S/C14H19BrN2O2/c1-9-5-10(7-16)8-17(9)14(18)12-6-11(19-2)3-4-13(12)15/h3-4,6,9-10H,5,7-8,16H2,1-2H3. The van der Waals surface area contributed by atoms with E-state index in [1.807, 2.05) is 17.0 Å². The summed E-state index contributed by atoms with van der Waals surface area (Å²) in [6, 6.07) is 5.68. The van der Waals surface area contributed by atoms with Crippen LogP contribution in [-0.2, 0) is 0 Å². The summed E-state index contributed by atoms with van der Waals surface area (Å²) in [4.78, 5) is 14.5. The third-order valence-electron chi connectivity index (χ3n) is 3.66. The largest absolute Gasteiger partial charge is 0.497 e. The van der Waals surface area contributed by atoms with E-state index in [-0.39, 0.29) is 11.9 Å². The lowest BCUT2D eigenvalue weighted by Gasteiger charge is -2.22. The van der Waals surface area contributed by atoms with Crippen molar-refractivity contribution in [2.75, 3.05) is 20.2 Å². The molecule has 104 valence electrons. The molecule has 0 aliphatic carbocycles. The number of likely N-dealkylation sites (tertiary alicyclic amines) is 1. The van der Waals surface area contributed by atoms with Gasteiger partial charge >= 0.3 is 0 Å². The molecule has 2 unspecified atom stereocenters. The van der Waals surface area contributed by atoms with Gasteiger partial charge in [0.05, 0.1) is 12.7 Å². The van der Waals surface area contributed by atoms with Gasteiger partial charge in [0.2, 0.25) is 0 Å². The Balaban J connectivity index is 2.24. The van der Waals surface area contributed by atoms with E-state index in [1.54, 1.807) is 13.2 Å². The first-order valence-corrected chi connectivity index (χ1v) is 7.20. The van der Waals surface area contributed by atoms with Gasteiger partial charge < -0.3 is 15.4 Å². The third-order valence-corrected chi connectivity index (χ3v) is 4.35. The molecular formula is C14H19BrN2O2. The summed E-state index contributed by atoms with van der Waals surface area (Å²) in [5, 5.41) is 0. The minimum atomic E-state index is 0.0363. The zero-order chi connectivity index (χ0) is 14.0. The second kappa shape index (κ2) is 5.92. The molecule has 1 aliphatic heterocycles. The van der Waals surface area contributed by atoms with Crippen molar-refractivity contribution in [2.45, 2.75) is 19.4 Å². The van der Waals surface area contributed by atoms with Gasteiger partial charge in [0.15, 0.2) is 0 Å². The van der Waals surface area contributed by atoms with E-state index in [0.29, 0.717) is 23.8 Å². The summed E-state index contributed by atoms with van der Waals surface area (Å²) in [6.07, 6.45) is 0.976. The highest BCUT2D eigenvalue weighted by molar-refractivity contribution is 9.10. The van der Waals surface area contributed by atoms with Crippen LogP contribution in [0.4, 0.5) is 0 Å². The van der Waals surface area contributed by atoms with Gasteiger partial charge in [0.25, 0.3) is 5.91 Å². The van der Waals surface area contributed by atoms with E-state index in [1.165, 1.54) is 0 Å². The zero-order valence-corrected chi connectivity index (χ0v) is 12.8. The van der Waals surface area contributed by atoms with Gasteiger partial charge in [0.1, 0.15) is 5.75 Å². The van der Waals surface area contributed by atoms with Crippen molar-refractivity contribution in [1.82, 2.24) is 4.90 Å². The van der Waals surface area contributed by atoms with Crippen LogP contribution >= 0.6 is 15.9 Å². The molecule has 1 aromatic rings. The lowest BCUT2D eigenvalue weighted by Crippen LogP contribution is -2.34. The van der Waals surface area contributed by atoms with E-state index in [4.69, 9.17) is 10.5 Å². The predicted octanol–water partition coefficient (Wildman–Crippen LogP) is 2.27. The maximum Gasteiger partial charge on any atom is 0.255 e. The highest BCUT2D eigenvalue weighted by Crippen LogP contribution is 2.28. The molecule has 5 heteroatoms. The summed E-state index contributed by atoms with van der Waals surface area (Å²) in [5.41, 5.74) is 6.35. The molecule has 1 aromatic carbocycles. The highest BCUT2D eigenvalue weighted by Gasteiger charge is 2.32. The van der Waals surface area contributed by atoms with Gasteiger partial charge in [0, 0.05) is 17.1 Å². The Bertz CT molecular complexity index is 479. The average Bonchev–Trinajstić information content (AvgIpc) is 2.80. The molecule has 0 bridgehead atoms. The zero-order valence-electron chi connectivity index (χ0n) is 11.2. The van der Waals surface area contributed by atoms with Crippen molar-refractivity contribution >= 4 is 21.8 Å². The SMILES string of the molecule is COc1ccc(Br)c(C(=O)N2CC(CN)CC2C)c1. The Kier molecular flexibility index (Phi) is 4.47. The summed E-state index contributed by atoms with van der Waals surface area (Å²) >= 11 is 3.43. The van der Waals surface area contributed by atoms with Crippen LogP contribution in [0.2, 0.25) is 0 Å².